The Bertz CT molecular complexity index is 227. The summed E-state index contributed by atoms with van der Waals surface area (Å²) in [6, 6.07) is 0. The Balaban J connectivity index is 0.000000165. The zero-order chi connectivity index (χ0) is 11.8. The maximum absolute atomic E-state index is 4.86. The molecule has 0 aromatic heterocycles. The second kappa shape index (κ2) is 7.96. The first-order chi connectivity index (χ1) is 7.70. The van der Waals surface area contributed by atoms with Crippen LogP contribution in [0.3, 0.4) is 0 Å². The topological polar surface area (TPSA) is 6.25 Å². The Morgan fingerprint density at radius 3 is 1.81 bits per heavy atom. The molecule has 0 spiro atoms. The Kier molecular flexibility index (Phi) is 6.88. The number of nitrogens with zero attached hydrogens (tertiary/aromatic N) is 2. The fourth-order valence-electron chi connectivity index (χ4n) is 2.04. The molecule has 2 aliphatic rings. The highest BCUT2D eigenvalue weighted by atomic mass is 32.1. The van der Waals surface area contributed by atoms with Crippen LogP contribution in [0.5, 0.6) is 0 Å². The van der Waals surface area contributed by atoms with E-state index in [-0.39, 0.29) is 0 Å². The zero-order valence-electron chi connectivity index (χ0n) is 9.99. The molecule has 0 aliphatic carbocycles. The SMILES string of the molecule is C=[N+]1CCCCC1.S=C([S-])N1CCCCC1. The zero-order valence-corrected chi connectivity index (χ0v) is 11.6. The van der Waals surface area contributed by atoms with Crippen molar-refractivity contribution < 1.29 is 4.58 Å². The van der Waals surface area contributed by atoms with Crippen molar-refractivity contribution in [3.05, 3.63) is 0 Å². The first-order valence-corrected chi connectivity index (χ1v) is 7.03. The molecule has 0 saturated carbocycles. The first kappa shape index (κ1) is 13.8. The average molecular weight is 258 g/mol. The Labute approximate surface area is 110 Å². The molecule has 92 valence electrons. The second-order valence-corrected chi connectivity index (χ2v) is 5.52. The predicted octanol–water partition coefficient (Wildman–Crippen LogP) is 2.19. The summed E-state index contributed by atoms with van der Waals surface area (Å²) in [7, 11) is 0. The van der Waals surface area contributed by atoms with Crippen molar-refractivity contribution in [3.63, 3.8) is 0 Å². The van der Waals surface area contributed by atoms with E-state index in [1.165, 1.54) is 51.6 Å². The molecule has 0 aromatic carbocycles. The van der Waals surface area contributed by atoms with Crippen LogP contribution in [0.15, 0.2) is 0 Å². The van der Waals surface area contributed by atoms with Gasteiger partial charge in [-0.15, -0.1) is 0 Å². The second-order valence-electron chi connectivity index (χ2n) is 4.49. The minimum Gasteiger partial charge on any atom is -0.411 e. The number of rotatable bonds is 0. The largest absolute Gasteiger partial charge is 0.411 e. The summed E-state index contributed by atoms with van der Waals surface area (Å²) in [4.78, 5) is 2.11. The minimum absolute atomic E-state index is 0.648. The Morgan fingerprint density at radius 1 is 1.00 bits per heavy atom. The van der Waals surface area contributed by atoms with Crippen molar-refractivity contribution in [2.45, 2.75) is 38.5 Å². The molecule has 2 aliphatic heterocycles. The first-order valence-electron chi connectivity index (χ1n) is 6.21. The van der Waals surface area contributed by atoms with E-state index >= 15 is 0 Å². The van der Waals surface area contributed by atoms with E-state index in [1.807, 2.05) is 0 Å². The highest BCUT2D eigenvalue weighted by Crippen LogP contribution is 2.08. The lowest BCUT2D eigenvalue weighted by molar-refractivity contribution is -0.529. The van der Waals surface area contributed by atoms with Crippen molar-refractivity contribution in [1.82, 2.24) is 4.90 Å². The molecule has 0 bridgehead atoms. The van der Waals surface area contributed by atoms with Gasteiger partial charge in [0.05, 0.1) is 0 Å². The highest BCUT2D eigenvalue weighted by molar-refractivity contribution is 8.00. The number of thiocarbonyl (C=S) groups is 1. The quantitative estimate of drug-likeness (QED) is 0.373. The average Bonchev–Trinajstić information content (AvgIpc) is 2.32. The molecular formula is C12H22N2S2. The Hall–Kier alpha value is -0.220. The normalized spacial score (nSPS) is 21.0. The van der Waals surface area contributed by atoms with E-state index in [0.717, 1.165) is 13.1 Å². The summed E-state index contributed by atoms with van der Waals surface area (Å²) in [5.41, 5.74) is 0. The summed E-state index contributed by atoms with van der Waals surface area (Å²) in [5, 5.41) is 0. The van der Waals surface area contributed by atoms with Crippen molar-refractivity contribution in [1.29, 1.82) is 0 Å². The molecule has 0 amide bonds. The smallest absolute Gasteiger partial charge is 0.142 e. The molecule has 0 aromatic rings. The summed E-state index contributed by atoms with van der Waals surface area (Å²) in [6.45, 7) is 8.42. The summed E-state index contributed by atoms with van der Waals surface area (Å²) in [5.74, 6) is 0. The van der Waals surface area contributed by atoms with Gasteiger partial charge in [-0.1, -0.05) is 4.32 Å². The van der Waals surface area contributed by atoms with E-state index in [4.69, 9.17) is 24.8 Å². The van der Waals surface area contributed by atoms with Gasteiger partial charge in [0.1, 0.15) is 19.8 Å². The number of hydrogen-bond acceptors (Lipinski definition) is 2. The van der Waals surface area contributed by atoms with Gasteiger partial charge < -0.3 is 29.7 Å². The summed E-state index contributed by atoms with van der Waals surface area (Å²) >= 11 is 9.71. The fourth-order valence-corrected chi connectivity index (χ4v) is 2.40. The van der Waals surface area contributed by atoms with Crippen LogP contribution in [-0.2, 0) is 12.6 Å². The van der Waals surface area contributed by atoms with Crippen LogP contribution in [0.4, 0.5) is 0 Å². The van der Waals surface area contributed by atoms with Crippen molar-refractivity contribution in [2.24, 2.45) is 0 Å². The monoisotopic (exact) mass is 258 g/mol. The van der Waals surface area contributed by atoms with Gasteiger partial charge in [0, 0.05) is 25.9 Å². The standard InChI is InChI=1S/C6H11NS2.C6H12N/c8-6(9)7-4-2-1-3-5-7;1-7-5-3-2-4-6-7/h1-5H2,(H,8,9);1-6H2/q;+1/p-1. The number of piperidine rings is 2. The molecule has 2 fully saturated rings. The highest BCUT2D eigenvalue weighted by Gasteiger charge is 2.06. The van der Waals surface area contributed by atoms with Gasteiger partial charge in [-0.25, -0.2) is 4.58 Å². The van der Waals surface area contributed by atoms with Gasteiger partial charge in [0.15, 0.2) is 0 Å². The molecule has 2 rings (SSSR count). The van der Waals surface area contributed by atoms with Crippen LogP contribution in [-0.4, -0.2) is 46.7 Å². The van der Waals surface area contributed by atoms with Gasteiger partial charge >= 0.3 is 0 Å². The van der Waals surface area contributed by atoms with Gasteiger partial charge in [-0.2, -0.15) is 0 Å². The molecule has 0 radical (unpaired) electrons. The van der Waals surface area contributed by atoms with E-state index in [9.17, 15) is 0 Å². The van der Waals surface area contributed by atoms with Gasteiger partial charge in [-0.05, 0) is 25.7 Å². The van der Waals surface area contributed by atoms with Crippen LogP contribution in [0.1, 0.15) is 38.5 Å². The third-order valence-electron chi connectivity index (χ3n) is 3.06. The number of likely N-dealkylation sites (tertiary alicyclic amines) is 1. The molecule has 4 heteroatoms. The molecule has 16 heavy (non-hydrogen) atoms. The third kappa shape index (κ3) is 5.75. The van der Waals surface area contributed by atoms with Crippen molar-refractivity contribution in [2.75, 3.05) is 26.2 Å². The minimum atomic E-state index is 0.648. The van der Waals surface area contributed by atoms with Crippen LogP contribution in [0, 0.1) is 0 Å². The van der Waals surface area contributed by atoms with Gasteiger partial charge in [0.2, 0.25) is 0 Å². The van der Waals surface area contributed by atoms with Gasteiger partial charge in [-0.3, -0.25) is 0 Å². The Morgan fingerprint density at radius 2 is 1.50 bits per heavy atom. The maximum atomic E-state index is 4.86. The maximum Gasteiger partial charge on any atom is 0.142 e. The van der Waals surface area contributed by atoms with E-state index in [1.54, 1.807) is 0 Å². The van der Waals surface area contributed by atoms with Crippen LogP contribution in [0.25, 0.3) is 0 Å². The van der Waals surface area contributed by atoms with Crippen LogP contribution >= 0.6 is 12.2 Å². The lowest BCUT2D eigenvalue weighted by Gasteiger charge is -2.31. The number of hydrogen-bond donors (Lipinski definition) is 0. The van der Waals surface area contributed by atoms with Crippen LogP contribution < -0.4 is 0 Å². The van der Waals surface area contributed by atoms with E-state index in [0.29, 0.717) is 4.32 Å². The van der Waals surface area contributed by atoms with E-state index < -0.39 is 0 Å². The molecule has 0 unspecified atom stereocenters. The van der Waals surface area contributed by atoms with Gasteiger partial charge in [0.25, 0.3) is 0 Å². The molecule has 2 saturated heterocycles. The summed E-state index contributed by atoms with van der Waals surface area (Å²) < 4.78 is 2.79. The lowest BCUT2D eigenvalue weighted by Crippen LogP contribution is -2.32. The lowest BCUT2D eigenvalue weighted by atomic mass is 10.1. The summed E-state index contributed by atoms with van der Waals surface area (Å²) in [6.07, 6.45) is 7.97. The molecule has 2 heterocycles. The van der Waals surface area contributed by atoms with Crippen molar-refractivity contribution >= 4 is 35.9 Å². The predicted molar refractivity (Wildman–Crippen MR) is 76.4 cm³/mol. The molecule has 0 atom stereocenters. The van der Waals surface area contributed by atoms with Crippen LogP contribution in [0.2, 0.25) is 0 Å². The van der Waals surface area contributed by atoms with Crippen molar-refractivity contribution in [3.8, 4) is 0 Å². The molecule has 0 N–H and O–H groups in total. The fraction of sp³-hybridized carbons (Fsp3) is 0.833. The molecule has 2 nitrogen and oxygen atoms in total. The third-order valence-corrected chi connectivity index (χ3v) is 3.58. The van der Waals surface area contributed by atoms with E-state index in [2.05, 4.69) is 16.2 Å². The molecular weight excluding hydrogens is 236 g/mol.